The number of benzene rings is 1. The fraction of sp³-hybridized carbons (Fsp3) is 0.294. The number of hydrogen-bond acceptors (Lipinski definition) is 4. The van der Waals surface area contributed by atoms with E-state index in [0.29, 0.717) is 28.3 Å². The molecular formula is C17H19NO4. The lowest BCUT2D eigenvalue weighted by atomic mass is 10.1. The van der Waals surface area contributed by atoms with Crippen molar-refractivity contribution < 1.29 is 19.1 Å². The number of esters is 1. The number of ketones is 1. The summed E-state index contributed by atoms with van der Waals surface area (Å²) in [5.41, 5.74) is 1.90. The maximum Gasteiger partial charge on any atom is 0.340 e. The van der Waals surface area contributed by atoms with Crippen molar-refractivity contribution in [2.75, 3.05) is 13.2 Å². The molecule has 116 valence electrons. The molecule has 2 rings (SSSR count). The van der Waals surface area contributed by atoms with E-state index in [1.165, 1.54) is 0 Å². The van der Waals surface area contributed by atoms with Crippen LogP contribution in [0.2, 0.25) is 0 Å². The maximum absolute atomic E-state index is 12.4. The Kier molecular flexibility index (Phi) is 4.99. The van der Waals surface area contributed by atoms with Gasteiger partial charge in [-0.3, -0.25) is 4.79 Å². The summed E-state index contributed by atoms with van der Waals surface area (Å²) in [6, 6.07) is 9.07. The zero-order valence-corrected chi connectivity index (χ0v) is 12.9. The molecule has 0 atom stereocenters. The van der Waals surface area contributed by atoms with Crippen molar-refractivity contribution in [2.24, 2.45) is 0 Å². The monoisotopic (exact) mass is 301 g/mol. The first-order valence-corrected chi connectivity index (χ1v) is 7.12. The third-order valence-corrected chi connectivity index (χ3v) is 3.25. The normalized spacial score (nSPS) is 10.3. The van der Waals surface area contributed by atoms with E-state index in [0.717, 1.165) is 0 Å². The zero-order chi connectivity index (χ0) is 16.1. The lowest BCUT2D eigenvalue weighted by molar-refractivity contribution is 0.0522. The van der Waals surface area contributed by atoms with E-state index in [-0.39, 0.29) is 19.0 Å². The van der Waals surface area contributed by atoms with Crippen LogP contribution in [0.1, 0.15) is 39.0 Å². The molecule has 5 nitrogen and oxygen atoms in total. The Labute approximate surface area is 129 Å². The highest BCUT2D eigenvalue weighted by atomic mass is 16.5. The summed E-state index contributed by atoms with van der Waals surface area (Å²) in [7, 11) is 0. The van der Waals surface area contributed by atoms with Crippen LogP contribution in [0, 0.1) is 13.8 Å². The molecule has 1 N–H and O–H groups in total. The van der Waals surface area contributed by atoms with E-state index >= 15 is 0 Å². The number of Topliss-reactive ketones (excluding diaryl/α,β-unsaturated/α-hetero) is 1. The van der Waals surface area contributed by atoms with E-state index < -0.39 is 5.97 Å². The number of nitrogens with one attached hydrogen (secondary N) is 1. The van der Waals surface area contributed by atoms with Crippen molar-refractivity contribution in [3.05, 3.63) is 52.8 Å². The molecule has 0 unspecified atom stereocenters. The van der Waals surface area contributed by atoms with E-state index in [1.54, 1.807) is 32.9 Å². The molecule has 0 aliphatic carbocycles. The summed E-state index contributed by atoms with van der Waals surface area (Å²) in [5, 5.41) is 0. The average molecular weight is 301 g/mol. The number of rotatable bonds is 6. The minimum Gasteiger partial charge on any atom is -0.485 e. The first kappa shape index (κ1) is 15.8. The van der Waals surface area contributed by atoms with E-state index in [2.05, 4.69) is 4.98 Å². The van der Waals surface area contributed by atoms with Crippen molar-refractivity contribution in [2.45, 2.75) is 20.8 Å². The Morgan fingerprint density at radius 3 is 2.32 bits per heavy atom. The number of carbonyl (C=O) groups is 2. The van der Waals surface area contributed by atoms with Gasteiger partial charge in [0, 0.05) is 11.4 Å². The Morgan fingerprint density at radius 2 is 1.68 bits per heavy atom. The van der Waals surface area contributed by atoms with Gasteiger partial charge in [0.25, 0.3) is 0 Å². The van der Waals surface area contributed by atoms with Crippen LogP contribution in [0.15, 0.2) is 30.3 Å². The predicted octanol–water partition coefficient (Wildman–Crippen LogP) is 3.07. The van der Waals surface area contributed by atoms with Crippen LogP contribution in [0.3, 0.4) is 0 Å². The van der Waals surface area contributed by atoms with Crippen LogP contribution in [0.4, 0.5) is 0 Å². The highest BCUT2D eigenvalue weighted by Crippen LogP contribution is 2.21. The number of para-hydroxylation sites is 1. The van der Waals surface area contributed by atoms with Crippen LogP contribution in [0.25, 0.3) is 0 Å². The summed E-state index contributed by atoms with van der Waals surface area (Å²) in [4.78, 5) is 27.5. The smallest absolute Gasteiger partial charge is 0.340 e. The molecule has 1 heterocycles. The minimum atomic E-state index is -0.493. The van der Waals surface area contributed by atoms with E-state index in [4.69, 9.17) is 9.47 Å². The predicted molar refractivity (Wildman–Crippen MR) is 82.5 cm³/mol. The summed E-state index contributed by atoms with van der Waals surface area (Å²) < 4.78 is 10.5. The van der Waals surface area contributed by atoms with Gasteiger partial charge in [-0.15, -0.1) is 0 Å². The summed E-state index contributed by atoms with van der Waals surface area (Å²) in [5.74, 6) is -0.139. The first-order valence-electron chi connectivity index (χ1n) is 7.12. The first-order chi connectivity index (χ1) is 10.5. The number of aromatic amines is 1. The largest absolute Gasteiger partial charge is 0.485 e. The average Bonchev–Trinajstić information content (AvgIpc) is 2.80. The van der Waals surface area contributed by atoms with Crippen LogP contribution < -0.4 is 4.74 Å². The second-order valence-electron chi connectivity index (χ2n) is 4.87. The number of ether oxygens (including phenoxy) is 2. The molecule has 0 saturated carbocycles. The fourth-order valence-corrected chi connectivity index (χ4v) is 2.33. The third-order valence-electron chi connectivity index (χ3n) is 3.25. The van der Waals surface area contributed by atoms with Gasteiger partial charge in [0.1, 0.15) is 5.75 Å². The van der Waals surface area contributed by atoms with Gasteiger partial charge in [-0.1, -0.05) is 18.2 Å². The number of aromatic nitrogens is 1. The standard InChI is InChI=1S/C17H19NO4/c1-4-21-17(20)16-12(3)18-11(2)15(16)14(19)10-22-13-8-6-5-7-9-13/h5-9,18H,4,10H2,1-3H3. The Morgan fingerprint density at radius 1 is 1.05 bits per heavy atom. The minimum absolute atomic E-state index is 0.130. The van der Waals surface area contributed by atoms with Crippen LogP contribution >= 0.6 is 0 Å². The van der Waals surface area contributed by atoms with Crippen LogP contribution in [-0.4, -0.2) is 30.0 Å². The molecule has 1 aromatic heterocycles. The topological polar surface area (TPSA) is 68.4 Å². The molecule has 0 radical (unpaired) electrons. The molecule has 0 amide bonds. The molecule has 0 bridgehead atoms. The molecule has 2 aromatic rings. The number of carbonyl (C=O) groups excluding carboxylic acids is 2. The zero-order valence-electron chi connectivity index (χ0n) is 12.9. The quantitative estimate of drug-likeness (QED) is 0.657. The molecular weight excluding hydrogens is 282 g/mol. The van der Waals surface area contributed by atoms with Gasteiger partial charge in [-0.2, -0.15) is 0 Å². The Bertz CT molecular complexity index is 673. The Hall–Kier alpha value is -2.56. The third kappa shape index (κ3) is 3.36. The Balaban J connectivity index is 2.20. The van der Waals surface area contributed by atoms with Crippen molar-refractivity contribution in [3.8, 4) is 5.75 Å². The van der Waals surface area contributed by atoms with Gasteiger partial charge in [0.2, 0.25) is 5.78 Å². The molecule has 5 heteroatoms. The summed E-state index contributed by atoms with van der Waals surface area (Å²) in [6.07, 6.45) is 0. The number of aryl methyl sites for hydroxylation is 2. The molecule has 22 heavy (non-hydrogen) atoms. The maximum atomic E-state index is 12.4. The molecule has 1 aromatic carbocycles. The van der Waals surface area contributed by atoms with Crippen LogP contribution in [0.5, 0.6) is 5.75 Å². The lowest BCUT2D eigenvalue weighted by Gasteiger charge is -2.07. The second-order valence-corrected chi connectivity index (χ2v) is 4.87. The van der Waals surface area contributed by atoms with Gasteiger partial charge in [0.05, 0.1) is 17.7 Å². The highest BCUT2D eigenvalue weighted by molar-refractivity contribution is 6.08. The summed E-state index contributed by atoms with van der Waals surface area (Å²) >= 11 is 0. The summed E-state index contributed by atoms with van der Waals surface area (Å²) in [6.45, 7) is 5.36. The SMILES string of the molecule is CCOC(=O)c1c(C)[nH]c(C)c1C(=O)COc1ccccc1. The number of hydrogen-bond donors (Lipinski definition) is 1. The van der Waals surface area contributed by atoms with Gasteiger partial charge in [0.15, 0.2) is 6.61 Å². The second kappa shape index (κ2) is 6.93. The van der Waals surface area contributed by atoms with Gasteiger partial charge < -0.3 is 14.5 Å². The van der Waals surface area contributed by atoms with Gasteiger partial charge in [-0.25, -0.2) is 4.79 Å². The molecule has 0 aliphatic rings. The lowest BCUT2D eigenvalue weighted by Crippen LogP contribution is -2.17. The van der Waals surface area contributed by atoms with E-state index in [9.17, 15) is 9.59 Å². The molecule has 0 aliphatic heterocycles. The van der Waals surface area contributed by atoms with Gasteiger partial charge >= 0.3 is 5.97 Å². The van der Waals surface area contributed by atoms with Crippen molar-refractivity contribution in [3.63, 3.8) is 0 Å². The molecule has 0 spiro atoms. The number of H-pyrrole nitrogens is 1. The molecule has 0 fully saturated rings. The van der Waals surface area contributed by atoms with Crippen molar-refractivity contribution in [1.82, 2.24) is 4.98 Å². The molecule has 0 saturated heterocycles. The van der Waals surface area contributed by atoms with Crippen molar-refractivity contribution in [1.29, 1.82) is 0 Å². The highest BCUT2D eigenvalue weighted by Gasteiger charge is 2.25. The fourth-order valence-electron chi connectivity index (χ4n) is 2.33. The van der Waals surface area contributed by atoms with Crippen LogP contribution in [-0.2, 0) is 4.74 Å². The van der Waals surface area contributed by atoms with Crippen molar-refractivity contribution >= 4 is 11.8 Å². The van der Waals surface area contributed by atoms with E-state index in [1.807, 2.05) is 18.2 Å². The van der Waals surface area contributed by atoms with Gasteiger partial charge in [-0.05, 0) is 32.9 Å².